The fourth-order valence-corrected chi connectivity index (χ4v) is 12.0. The topological polar surface area (TPSA) is 6.48 Å². The van der Waals surface area contributed by atoms with Crippen LogP contribution in [0.3, 0.4) is 0 Å². The van der Waals surface area contributed by atoms with Crippen LogP contribution in [-0.2, 0) is 0 Å². The molecule has 0 spiro atoms. The Labute approximate surface area is 516 Å². The standard InChI is InChI=1S/C46H33N.C40H29N/c1-3-10-34(11-4-1)37-22-28-42(29-23-37)47(43-30-24-38(25-31-43)35-12-5-2-6-13-35)44-32-26-39(27-33-44)36-18-20-41(21-19-36)46-17-9-15-40-14-7-8-16-45(40)46;1-3-10-30(11-4-1)32-18-24-36(25-19-32)41(37-26-20-33(21-27-37)31-12-5-2-6-13-31)38-28-22-35(23-29-38)40-17-9-15-34-14-7-8-16-39(34)40/h1-33H;1-29H. The molecule has 2 heteroatoms. The maximum absolute atomic E-state index is 2.33. The van der Waals surface area contributed by atoms with Gasteiger partial charge >= 0.3 is 0 Å². The average molecular weight is 1120 g/mol. The summed E-state index contributed by atoms with van der Waals surface area (Å²) in [6.45, 7) is 0. The zero-order valence-electron chi connectivity index (χ0n) is 48.7. The summed E-state index contributed by atoms with van der Waals surface area (Å²) in [5, 5.41) is 5.07. The van der Waals surface area contributed by atoms with Gasteiger partial charge < -0.3 is 9.80 Å². The quantitative estimate of drug-likeness (QED) is 0.114. The van der Waals surface area contributed by atoms with Crippen molar-refractivity contribution in [3.8, 4) is 77.9 Å². The van der Waals surface area contributed by atoms with Gasteiger partial charge in [0, 0.05) is 34.1 Å². The average Bonchev–Trinajstić information content (AvgIpc) is 2.15. The van der Waals surface area contributed by atoms with E-state index in [2.05, 4.69) is 386 Å². The van der Waals surface area contributed by atoms with Gasteiger partial charge in [0.15, 0.2) is 0 Å². The van der Waals surface area contributed by atoms with Gasteiger partial charge in [-0.1, -0.05) is 303 Å². The van der Waals surface area contributed by atoms with Crippen LogP contribution in [-0.4, -0.2) is 0 Å². The van der Waals surface area contributed by atoms with Crippen LogP contribution in [0.25, 0.3) is 99.4 Å². The molecule has 0 unspecified atom stereocenters. The molecule has 0 aliphatic carbocycles. The van der Waals surface area contributed by atoms with E-state index in [4.69, 9.17) is 0 Å². The predicted octanol–water partition coefficient (Wildman–Crippen LogP) is 24.3. The summed E-state index contributed by atoms with van der Waals surface area (Å²) in [7, 11) is 0. The highest BCUT2D eigenvalue weighted by Gasteiger charge is 2.17. The first-order valence-corrected chi connectivity index (χ1v) is 30.1. The Morgan fingerprint density at radius 3 is 0.568 bits per heavy atom. The molecule has 0 saturated carbocycles. The molecule has 2 nitrogen and oxygen atoms in total. The predicted molar refractivity (Wildman–Crippen MR) is 375 cm³/mol. The molecule has 0 amide bonds. The number of hydrogen-bond donors (Lipinski definition) is 0. The number of rotatable bonds is 13. The molecule has 0 saturated heterocycles. The monoisotopic (exact) mass is 1120 g/mol. The summed E-state index contributed by atoms with van der Waals surface area (Å²) in [6, 6.07) is 135. The van der Waals surface area contributed by atoms with Gasteiger partial charge in [0.05, 0.1) is 0 Å². The van der Waals surface area contributed by atoms with Gasteiger partial charge in [-0.3, -0.25) is 0 Å². The zero-order valence-corrected chi connectivity index (χ0v) is 48.7. The third-order valence-corrected chi connectivity index (χ3v) is 16.6. The molecule has 15 aromatic carbocycles. The summed E-state index contributed by atoms with van der Waals surface area (Å²) < 4.78 is 0. The lowest BCUT2D eigenvalue weighted by Gasteiger charge is -2.26. The third-order valence-electron chi connectivity index (χ3n) is 16.6. The largest absolute Gasteiger partial charge is 0.311 e. The third kappa shape index (κ3) is 11.8. The van der Waals surface area contributed by atoms with Crippen molar-refractivity contribution in [1.82, 2.24) is 0 Å². The van der Waals surface area contributed by atoms with Crippen molar-refractivity contribution < 1.29 is 0 Å². The highest BCUT2D eigenvalue weighted by molar-refractivity contribution is 5.98. The number of nitrogens with zero attached hydrogens (tertiary/aromatic N) is 2. The van der Waals surface area contributed by atoms with E-state index in [9.17, 15) is 0 Å². The summed E-state index contributed by atoms with van der Waals surface area (Å²) in [6.07, 6.45) is 0. The minimum absolute atomic E-state index is 1.11. The SMILES string of the molecule is c1ccc(-c2ccc(N(c3ccc(-c4ccccc4)cc3)c3ccc(-c4ccc(-c5cccc6ccccc56)cc4)cc3)cc2)cc1.c1ccc(-c2ccc(N(c3ccc(-c4ccccc4)cc3)c3ccc(-c4cccc5ccccc45)cc3)cc2)cc1. The molecule has 416 valence electrons. The number of fused-ring (bicyclic) bond motifs is 2. The lowest BCUT2D eigenvalue weighted by atomic mass is 9.96. The van der Waals surface area contributed by atoms with Crippen LogP contribution in [0.5, 0.6) is 0 Å². The Bertz CT molecular complexity index is 4560. The smallest absolute Gasteiger partial charge is 0.0462 e. The number of anilines is 6. The van der Waals surface area contributed by atoms with Gasteiger partial charge in [0.1, 0.15) is 0 Å². The van der Waals surface area contributed by atoms with E-state index in [1.807, 2.05) is 0 Å². The molecular weight excluding hydrogens is 1060 g/mol. The van der Waals surface area contributed by atoms with Crippen molar-refractivity contribution in [2.45, 2.75) is 0 Å². The van der Waals surface area contributed by atoms with E-state index in [1.165, 1.54) is 99.4 Å². The van der Waals surface area contributed by atoms with Gasteiger partial charge in [-0.25, -0.2) is 0 Å². The summed E-state index contributed by atoms with van der Waals surface area (Å²) in [5.41, 5.74) is 23.7. The second-order valence-electron chi connectivity index (χ2n) is 22.0. The van der Waals surface area contributed by atoms with E-state index >= 15 is 0 Å². The fraction of sp³-hybridized carbons (Fsp3) is 0. The van der Waals surface area contributed by atoms with Crippen molar-refractivity contribution in [2.75, 3.05) is 9.80 Å². The van der Waals surface area contributed by atoms with Crippen LogP contribution in [0.2, 0.25) is 0 Å². The first kappa shape index (κ1) is 54.4. The van der Waals surface area contributed by atoms with Gasteiger partial charge in [-0.15, -0.1) is 0 Å². The molecule has 15 aromatic rings. The van der Waals surface area contributed by atoms with Gasteiger partial charge in [0.25, 0.3) is 0 Å². The molecule has 0 atom stereocenters. The molecule has 0 heterocycles. The summed E-state index contributed by atoms with van der Waals surface area (Å²) >= 11 is 0. The van der Waals surface area contributed by atoms with E-state index < -0.39 is 0 Å². The van der Waals surface area contributed by atoms with E-state index in [0.717, 1.165) is 34.1 Å². The minimum atomic E-state index is 1.11. The molecule has 88 heavy (non-hydrogen) atoms. The molecule has 0 aromatic heterocycles. The Balaban J connectivity index is 0.000000156. The van der Waals surface area contributed by atoms with Crippen LogP contribution in [0, 0.1) is 0 Å². The van der Waals surface area contributed by atoms with Crippen molar-refractivity contribution in [2.24, 2.45) is 0 Å². The molecule has 0 bridgehead atoms. The molecule has 0 N–H and O–H groups in total. The van der Waals surface area contributed by atoms with Crippen LogP contribution in [0.1, 0.15) is 0 Å². The fourth-order valence-electron chi connectivity index (χ4n) is 12.0. The van der Waals surface area contributed by atoms with Crippen molar-refractivity contribution in [3.05, 3.63) is 376 Å². The Kier molecular flexibility index (Phi) is 15.6. The van der Waals surface area contributed by atoms with Gasteiger partial charge in [0.2, 0.25) is 0 Å². The van der Waals surface area contributed by atoms with Crippen molar-refractivity contribution in [3.63, 3.8) is 0 Å². The molecule has 0 radical (unpaired) electrons. The highest BCUT2D eigenvalue weighted by atomic mass is 15.1. The maximum atomic E-state index is 2.33. The summed E-state index contributed by atoms with van der Waals surface area (Å²) in [4.78, 5) is 4.66. The molecule has 0 aliphatic heterocycles. The van der Waals surface area contributed by atoms with E-state index in [1.54, 1.807) is 0 Å². The van der Waals surface area contributed by atoms with Gasteiger partial charge in [-0.2, -0.15) is 0 Å². The Morgan fingerprint density at radius 2 is 0.307 bits per heavy atom. The summed E-state index contributed by atoms with van der Waals surface area (Å²) in [5.74, 6) is 0. The lowest BCUT2D eigenvalue weighted by molar-refractivity contribution is 1.28. The van der Waals surface area contributed by atoms with Crippen LogP contribution < -0.4 is 9.80 Å². The molecule has 0 aliphatic rings. The number of hydrogen-bond acceptors (Lipinski definition) is 2. The van der Waals surface area contributed by atoms with Crippen LogP contribution in [0.4, 0.5) is 34.1 Å². The maximum Gasteiger partial charge on any atom is 0.0462 e. The molecule has 0 fully saturated rings. The van der Waals surface area contributed by atoms with Gasteiger partial charge in [-0.05, 0) is 172 Å². The zero-order chi connectivity index (χ0) is 58.9. The van der Waals surface area contributed by atoms with Crippen molar-refractivity contribution in [1.29, 1.82) is 0 Å². The second kappa shape index (κ2) is 25.3. The number of benzene rings is 15. The van der Waals surface area contributed by atoms with Crippen LogP contribution in [0.15, 0.2) is 376 Å². The molecular formula is C86H62N2. The molecule has 15 rings (SSSR count). The first-order chi connectivity index (χ1) is 43.6. The second-order valence-corrected chi connectivity index (χ2v) is 22.0. The normalized spacial score (nSPS) is 11.0. The first-order valence-electron chi connectivity index (χ1n) is 30.1. The van der Waals surface area contributed by atoms with E-state index in [0.29, 0.717) is 0 Å². The van der Waals surface area contributed by atoms with Crippen molar-refractivity contribution >= 4 is 55.7 Å². The Hall–Kier alpha value is -11.6. The van der Waals surface area contributed by atoms with E-state index in [-0.39, 0.29) is 0 Å². The minimum Gasteiger partial charge on any atom is -0.311 e. The highest BCUT2D eigenvalue weighted by Crippen LogP contribution is 2.41. The lowest BCUT2D eigenvalue weighted by Crippen LogP contribution is -2.09. The Morgan fingerprint density at radius 1 is 0.125 bits per heavy atom. The van der Waals surface area contributed by atoms with Crippen LogP contribution >= 0.6 is 0 Å².